The Morgan fingerprint density at radius 1 is 1.75 bits per heavy atom. The van der Waals surface area contributed by atoms with Crippen LogP contribution in [0.15, 0.2) is 12.7 Å². The quantitative estimate of drug-likeness (QED) is 0.370. The van der Waals surface area contributed by atoms with Crippen LogP contribution in [0.5, 0.6) is 0 Å². The van der Waals surface area contributed by atoms with E-state index in [0.29, 0.717) is 0 Å². The molecule has 0 radical (unpaired) electrons. The first-order valence-corrected chi connectivity index (χ1v) is 2.24. The van der Waals surface area contributed by atoms with Gasteiger partial charge in [0.15, 0.2) is 0 Å². The molecule has 0 rings (SSSR count). The molecule has 0 N–H and O–H groups in total. The van der Waals surface area contributed by atoms with Crippen LogP contribution < -0.4 is 0 Å². The lowest BCUT2D eigenvalue weighted by atomic mass is 10.7. The monoisotopic (exact) mass is 182 g/mol. The fraction of sp³-hybridized carbons (Fsp3) is 0. The van der Waals surface area contributed by atoms with Gasteiger partial charge in [0, 0.05) is 11.1 Å². The van der Waals surface area contributed by atoms with E-state index in [1.807, 2.05) is 0 Å². The number of rotatable bonds is 3. The second-order valence-electron chi connectivity index (χ2n) is 0.738. The molecule has 46 valence electrons. The molecule has 0 spiro atoms. The van der Waals surface area contributed by atoms with Gasteiger partial charge in [-0.15, -0.1) is 3.98 Å². The van der Waals surface area contributed by atoms with Crippen molar-refractivity contribution in [3.05, 3.63) is 12.7 Å². The van der Waals surface area contributed by atoms with Crippen molar-refractivity contribution in [2.24, 2.45) is 0 Å². The predicted molar refractivity (Wildman–Crippen MR) is 27.4 cm³/mol. The van der Waals surface area contributed by atoms with Crippen molar-refractivity contribution in [1.82, 2.24) is 0 Å². The topological polar surface area (TPSA) is 44.8 Å². The van der Waals surface area contributed by atoms with Crippen molar-refractivity contribution in [3.63, 3.8) is 0 Å². The largest absolute Gasteiger partial charge is 0.368 e. The molecule has 0 aromatic heterocycles. The van der Waals surface area contributed by atoms with E-state index in [2.05, 4.69) is 36.7 Å². The van der Waals surface area contributed by atoms with Crippen LogP contribution in [0, 0.1) is 0 Å². The normalized spacial score (nSPS) is 8.12. The first-order valence-electron chi connectivity index (χ1n) is 1.59. The minimum atomic E-state index is -0.718. The van der Waals surface area contributed by atoms with Gasteiger partial charge in [0.25, 0.3) is 0 Å². The average molecular weight is 183 g/mol. The van der Waals surface area contributed by atoms with Crippen LogP contribution in [-0.4, -0.2) is 5.97 Å². The molecule has 0 aromatic carbocycles. The fourth-order valence-corrected chi connectivity index (χ4v) is 0.134. The Morgan fingerprint density at radius 3 is 2.75 bits per heavy atom. The van der Waals surface area contributed by atoms with Gasteiger partial charge in [-0.1, -0.05) is 6.58 Å². The highest BCUT2D eigenvalue weighted by molar-refractivity contribution is 9.05. The number of carbonyl (C=O) groups excluding carboxylic acids is 1. The smallest absolute Gasteiger partial charge is 0.263 e. The molecule has 0 saturated heterocycles. The molecule has 0 bridgehead atoms. The summed E-state index contributed by atoms with van der Waals surface area (Å²) in [6.45, 7) is 3.09. The molecule has 0 aliphatic heterocycles. The van der Waals surface area contributed by atoms with Gasteiger partial charge < -0.3 is 0 Å². The lowest BCUT2D eigenvalue weighted by molar-refractivity contribution is -0.423. The summed E-state index contributed by atoms with van der Waals surface area (Å²) < 4.78 is 3.74. The summed E-state index contributed by atoms with van der Waals surface area (Å²) >= 11 is 2.37. The van der Waals surface area contributed by atoms with E-state index in [9.17, 15) is 4.79 Å². The van der Waals surface area contributed by atoms with E-state index in [-0.39, 0.29) is 0 Å². The van der Waals surface area contributed by atoms with Crippen LogP contribution in [0.3, 0.4) is 0 Å². The zero-order chi connectivity index (χ0) is 6.41. The third-order valence-electron chi connectivity index (χ3n) is 0.309. The van der Waals surface area contributed by atoms with Crippen molar-refractivity contribution in [3.8, 4) is 0 Å². The first kappa shape index (κ1) is 7.61. The van der Waals surface area contributed by atoms with E-state index in [1.165, 1.54) is 0 Å². The highest BCUT2D eigenvalue weighted by Gasteiger charge is 1.93. The number of carbonyl (C=O) groups is 1. The van der Waals surface area contributed by atoms with Crippen molar-refractivity contribution in [1.29, 1.82) is 0 Å². The fourth-order valence-electron chi connectivity index (χ4n) is 0.0804. The number of halogens is 1. The number of hydrogen-bond donors (Lipinski definition) is 0. The van der Waals surface area contributed by atoms with Gasteiger partial charge in [0.05, 0.1) is 0 Å². The maximum atomic E-state index is 10.0. The summed E-state index contributed by atoms with van der Waals surface area (Å²) in [6, 6.07) is 0. The molecule has 0 amide bonds. The molecule has 0 fully saturated rings. The van der Waals surface area contributed by atoms with Gasteiger partial charge in [-0.3, -0.25) is 4.89 Å². The predicted octanol–water partition coefficient (Wildman–Crippen LogP) is 0.889. The Morgan fingerprint density at radius 2 is 2.38 bits per heavy atom. The van der Waals surface area contributed by atoms with Crippen LogP contribution in [0.4, 0.5) is 0 Å². The van der Waals surface area contributed by atoms with E-state index < -0.39 is 5.97 Å². The molecule has 4 nitrogen and oxygen atoms in total. The van der Waals surface area contributed by atoms with Gasteiger partial charge in [-0.2, -0.15) is 0 Å². The van der Waals surface area contributed by atoms with Crippen LogP contribution in [0.2, 0.25) is 0 Å². The van der Waals surface area contributed by atoms with Crippen molar-refractivity contribution >= 4 is 22.2 Å². The zero-order valence-electron chi connectivity index (χ0n) is 3.80. The third kappa shape index (κ3) is 3.79. The summed E-state index contributed by atoms with van der Waals surface area (Å²) in [5.41, 5.74) is 0. The van der Waals surface area contributed by atoms with Gasteiger partial charge in [0.2, 0.25) is 0 Å². The minimum absolute atomic E-state index is 0.718. The Balaban J connectivity index is 3.11. The molecule has 0 aliphatic rings. The Labute approximate surface area is 54.3 Å². The van der Waals surface area contributed by atoms with E-state index in [0.717, 1.165) is 6.08 Å². The van der Waals surface area contributed by atoms with Crippen LogP contribution in [0.25, 0.3) is 0 Å². The van der Waals surface area contributed by atoms with Gasteiger partial charge >= 0.3 is 5.97 Å². The Bertz CT molecular complexity index is 91.3. The van der Waals surface area contributed by atoms with Crippen LogP contribution >= 0.6 is 16.3 Å². The lowest BCUT2D eigenvalue weighted by Gasteiger charge is -1.89. The van der Waals surface area contributed by atoms with Gasteiger partial charge in [0.1, 0.15) is 16.3 Å². The standard InChI is InChI=1S/C3H3BrO4/c1-2-3(5)6-8-7-4/h2H,1H2. The average Bonchev–Trinajstić information content (AvgIpc) is 1.83. The summed E-state index contributed by atoms with van der Waals surface area (Å²) in [5.74, 6) is -0.718. The highest BCUT2D eigenvalue weighted by atomic mass is 79.9. The molecule has 0 heterocycles. The van der Waals surface area contributed by atoms with Crippen LogP contribution in [-0.2, 0) is 18.7 Å². The summed E-state index contributed by atoms with van der Waals surface area (Å²) in [4.78, 5) is 13.8. The van der Waals surface area contributed by atoms with Gasteiger partial charge in [-0.25, -0.2) is 4.79 Å². The Hall–Kier alpha value is -0.390. The molecular weight excluding hydrogens is 180 g/mol. The highest BCUT2D eigenvalue weighted by Crippen LogP contribution is 1.88. The van der Waals surface area contributed by atoms with E-state index >= 15 is 0 Å². The molecule has 0 aromatic rings. The van der Waals surface area contributed by atoms with Crippen molar-refractivity contribution < 1.29 is 18.7 Å². The molecule has 5 heteroatoms. The molecule has 0 saturated carbocycles. The summed E-state index contributed by atoms with van der Waals surface area (Å²) in [6.07, 6.45) is 0.937. The van der Waals surface area contributed by atoms with Crippen molar-refractivity contribution in [2.45, 2.75) is 0 Å². The van der Waals surface area contributed by atoms with E-state index in [1.54, 1.807) is 0 Å². The van der Waals surface area contributed by atoms with Gasteiger partial charge in [-0.05, 0) is 0 Å². The SMILES string of the molecule is C=CC(=O)OOOBr. The zero-order valence-corrected chi connectivity index (χ0v) is 5.38. The molecule has 0 aliphatic carbocycles. The van der Waals surface area contributed by atoms with Crippen LogP contribution in [0.1, 0.15) is 0 Å². The summed E-state index contributed by atoms with van der Waals surface area (Å²) in [5, 5.41) is 3.68. The molecule has 0 unspecified atom stereocenters. The molecule has 8 heavy (non-hydrogen) atoms. The second kappa shape index (κ2) is 4.76. The summed E-state index contributed by atoms with van der Waals surface area (Å²) in [7, 11) is 0. The third-order valence-corrected chi connectivity index (χ3v) is 0.416. The van der Waals surface area contributed by atoms with Crippen molar-refractivity contribution in [2.75, 3.05) is 0 Å². The maximum Gasteiger partial charge on any atom is 0.368 e. The maximum absolute atomic E-state index is 10.0. The van der Waals surface area contributed by atoms with E-state index in [4.69, 9.17) is 0 Å². The lowest BCUT2D eigenvalue weighted by Crippen LogP contribution is -1.97. The minimum Gasteiger partial charge on any atom is -0.263 e. The first-order chi connectivity index (χ1) is 3.81. The number of hydrogen-bond acceptors (Lipinski definition) is 4. The Kier molecular flexibility index (Phi) is 4.53. The second-order valence-corrected chi connectivity index (χ2v) is 1.00. The molecular formula is C3H3BrO4. The molecule has 0 atom stereocenters.